The first kappa shape index (κ1) is 25.1. The fourth-order valence-electron chi connectivity index (χ4n) is 3.90. The Labute approximate surface area is 198 Å². The molecule has 33 heavy (non-hydrogen) atoms. The van der Waals surface area contributed by atoms with Crippen LogP contribution in [-0.2, 0) is 27.6 Å². The topological polar surface area (TPSA) is 79.6 Å². The minimum Gasteiger partial charge on any atom is -0.493 e. The van der Waals surface area contributed by atoms with Crippen molar-refractivity contribution in [2.75, 3.05) is 30.7 Å². The average molecular weight is 471 g/mol. The van der Waals surface area contributed by atoms with Gasteiger partial charge in [-0.2, -0.15) is 5.26 Å². The van der Waals surface area contributed by atoms with E-state index < -0.39 is 10.0 Å². The predicted octanol–water partition coefficient (Wildman–Crippen LogP) is 4.97. The zero-order valence-electron chi connectivity index (χ0n) is 19.8. The Morgan fingerprint density at radius 2 is 1.85 bits per heavy atom. The molecule has 0 atom stereocenters. The number of hydrogen-bond acceptors (Lipinski definition) is 5. The molecule has 1 aliphatic rings. The van der Waals surface area contributed by atoms with Crippen molar-refractivity contribution >= 4 is 15.7 Å². The van der Waals surface area contributed by atoms with E-state index in [2.05, 4.69) is 13.0 Å². The summed E-state index contributed by atoms with van der Waals surface area (Å²) in [6.45, 7) is 8.44. The zero-order chi connectivity index (χ0) is 23.8. The average Bonchev–Trinajstić information content (AvgIpc) is 2.82. The van der Waals surface area contributed by atoms with Gasteiger partial charge in [0.1, 0.15) is 5.75 Å². The van der Waals surface area contributed by atoms with Gasteiger partial charge in [-0.25, -0.2) is 8.42 Å². The van der Waals surface area contributed by atoms with Crippen LogP contribution in [0.1, 0.15) is 44.7 Å². The maximum absolute atomic E-state index is 13.7. The Bertz CT molecular complexity index is 1050. The van der Waals surface area contributed by atoms with Gasteiger partial charge in [-0.1, -0.05) is 32.9 Å². The molecule has 6 nitrogen and oxygen atoms in total. The lowest BCUT2D eigenvalue weighted by molar-refractivity contribution is 0.0496. The van der Waals surface area contributed by atoms with Crippen LogP contribution in [-0.4, -0.2) is 34.8 Å². The second-order valence-corrected chi connectivity index (χ2v) is 10.8. The number of benzene rings is 2. The zero-order valence-corrected chi connectivity index (χ0v) is 20.6. The molecule has 0 unspecified atom stereocenters. The highest BCUT2D eigenvalue weighted by atomic mass is 32.2. The molecule has 2 aromatic rings. The first-order valence-corrected chi connectivity index (χ1v) is 13.1. The molecule has 0 radical (unpaired) electrons. The lowest BCUT2D eigenvalue weighted by Crippen LogP contribution is -2.34. The van der Waals surface area contributed by atoms with Crippen LogP contribution in [0, 0.1) is 23.2 Å². The van der Waals surface area contributed by atoms with Crippen molar-refractivity contribution in [3.8, 4) is 11.8 Å². The molecular weight excluding hydrogens is 436 g/mol. The first-order valence-electron chi connectivity index (χ1n) is 11.7. The largest absolute Gasteiger partial charge is 0.493 e. The van der Waals surface area contributed by atoms with Gasteiger partial charge in [0.2, 0.25) is 0 Å². The van der Waals surface area contributed by atoms with Crippen LogP contribution < -0.4 is 9.04 Å². The van der Waals surface area contributed by atoms with Gasteiger partial charge in [-0.15, -0.1) is 0 Å². The summed E-state index contributed by atoms with van der Waals surface area (Å²) in [6, 6.07) is 14.7. The third-order valence-corrected chi connectivity index (χ3v) is 7.66. The van der Waals surface area contributed by atoms with E-state index in [-0.39, 0.29) is 17.2 Å². The molecule has 1 saturated heterocycles. The molecule has 0 saturated carbocycles. The Kier molecular flexibility index (Phi) is 8.76. The molecule has 0 N–H and O–H groups in total. The van der Waals surface area contributed by atoms with Crippen molar-refractivity contribution in [3.63, 3.8) is 0 Å². The summed E-state index contributed by atoms with van der Waals surface area (Å²) in [7, 11) is -3.81. The predicted molar refractivity (Wildman–Crippen MR) is 130 cm³/mol. The Balaban J connectivity index is 1.90. The highest BCUT2D eigenvalue weighted by Gasteiger charge is 2.27. The van der Waals surface area contributed by atoms with Crippen molar-refractivity contribution in [1.29, 1.82) is 5.26 Å². The van der Waals surface area contributed by atoms with Crippen molar-refractivity contribution < 1.29 is 17.9 Å². The van der Waals surface area contributed by atoms with E-state index in [9.17, 15) is 13.7 Å². The molecule has 1 fully saturated rings. The van der Waals surface area contributed by atoms with E-state index in [1.807, 2.05) is 38.1 Å². The standard InChI is InChI=1S/C26H34N2O4S/c1-4-21-5-7-24(8-6-21)28(18-20(2)3)33(29,30)25-9-10-26(23(17-25)11-14-27)32-19-22-12-15-31-16-13-22/h5-10,17,20,22H,4,11-13,15-16,18-19H2,1-3H3. The third-order valence-electron chi connectivity index (χ3n) is 5.87. The van der Waals surface area contributed by atoms with Crippen LogP contribution in [0.5, 0.6) is 5.75 Å². The number of sulfonamides is 1. The van der Waals surface area contributed by atoms with E-state index in [4.69, 9.17) is 9.47 Å². The van der Waals surface area contributed by atoms with E-state index in [1.165, 1.54) is 4.31 Å². The Morgan fingerprint density at radius 1 is 1.15 bits per heavy atom. The lowest BCUT2D eigenvalue weighted by Gasteiger charge is -2.27. The smallest absolute Gasteiger partial charge is 0.264 e. The molecule has 0 bridgehead atoms. The highest BCUT2D eigenvalue weighted by molar-refractivity contribution is 7.92. The van der Waals surface area contributed by atoms with Crippen molar-refractivity contribution in [2.24, 2.45) is 11.8 Å². The van der Waals surface area contributed by atoms with Crippen LogP contribution in [0.4, 0.5) is 5.69 Å². The second kappa shape index (κ2) is 11.5. The normalized spacial score (nSPS) is 14.8. The number of hydrogen-bond donors (Lipinski definition) is 0. The lowest BCUT2D eigenvalue weighted by atomic mass is 10.0. The number of anilines is 1. The van der Waals surface area contributed by atoms with Gasteiger partial charge in [0.05, 0.1) is 29.7 Å². The van der Waals surface area contributed by atoms with Gasteiger partial charge in [0, 0.05) is 25.3 Å². The summed E-state index contributed by atoms with van der Waals surface area (Å²) >= 11 is 0. The summed E-state index contributed by atoms with van der Waals surface area (Å²) in [5, 5.41) is 9.33. The molecule has 0 spiro atoms. The number of rotatable bonds is 10. The summed E-state index contributed by atoms with van der Waals surface area (Å²) in [5.74, 6) is 1.13. The molecular formula is C26H34N2O4S. The van der Waals surface area contributed by atoms with Crippen LogP contribution in [0.15, 0.2) is 47.4 Å². The molecule has 0 aliphatic carbocycles. The van der Waals surface area contributed by atoms with E-state index in [0.29, 0.717) is 36.1 Å². The summed E-state index contributed by atoms with van der Waals surface area (Å²) in [4.78, 5) is 0.173. The summed E-state index contributed by atoms with van der Waals surface area (Å²) < 4.78 is 40.2. The van der Waals surface area contributed by atoms with Gasteiger partial charge < -0.3 is 9.47 Å². The van der Waals surface area contributed by atoms with Crippen molar-refractivity contribution in [3.05, 3.63) is 53.6 Å². The van der Waals surface area contributed by atoms with Gasteiger partial charge in [0.25, 0.3) is 10.0 Å². The van der Waals surface area contributed by atoms with Crippen LogP contribution in [0.3, 0.4) is 0 Å². The molecule has 178 valence electrons. The van der Waals surface area contributed by atoms with E-state index in [1.54, 1.807) is 18.2 Å². The molecule has 1 heterocycles. The monoisotopic (exact) mass is 470 g/mol. The Hall–Kier alpha value is -2.56. The van der Waals surface area contributed by atoms with Gasteiger partial charge in [0.15, 0.2) is 0 Å². The van der Waals surface area contributed by atoms with Crippen LogP contribution in [0.2, 0.25) is 0 Å². The number of aryl methyl sites for hydroxylation is 1. The molecule has 0 aromatic heterocycles. The molecule has 3 rings (SSSR count). The van der Waals surface area contributed by atoms with Crippen LogP contribution in [0.25, 0.3) is 0 Å². The maximum atomic E-state index is 13.7. The van der Waals surface area contributed by atoms with Crippen molar-refractivity contribution in [2.45, 2.75) is 51.3 Å². The maximum Gasteiger partial charge on any atom is 0.264 e. The highest BCUT2D eigenvalue weighted by Crippen LogP contribution is 2.30. The third kappa shape index (κ3) is 6.49. The Morgan fingerprint density at radius 3 is 2.45 bits per heavy atom. The fourth-order valence-corrected chi connectivity index (χ4v) is 5.58. The van der Waals surface area contributed by atoms with E-state index >= 15 is 0 Å². The first-order chi connectivity index (χ1) is 15.8. The quantitative estimate of drug-likeness (QED) is 0.490. The van der Waals surface area contributed by atoms with Gasteiger partial charge in [-0.3, -0.25) is 4.31 Å². The number of nitriles is 1. The summed E-state index contributed by atoms with van der Waals surface area (Å²) in [5.41, 5.74) is 2.39. The minimum absolute atomic E-state index is 0.0852. The molecule has 1 aliphatic heterocycles. The number of nitrogens with zero attached hydrogens (tertiary/aromatic N) is 2. The fraction of sp³-hybridized carbons (Fsp3) is 0.500. The molecule has 2 aromatic carbocycles. The SMILES string of the molecule is CCc1ccc(N(CC(C)C)S(=O)(=O)c2ccc(OCC3CCOCC3)c(CC#N)c2)cc1. The second-order valence-electron chi connectivity index (χ2n) is 8.92. The molecule has 7 heteroatoms. The van der Waals surface area contributed by atoms with E-state index in [0.717, 1.165) is 38.0 Å². The van der Waals surface area contributed by atoms with Gasteiger partial charge >= 0.3 is 0 Å². The number of ether oxygens (including phenoxy) is 2. The molecule has 0 amide bonds. The van der Waals surface area contributed by atoms with Gasteiger partial charge in [-0.05, 0) is 67.0 Å². The van der Waals surface area contributed by atoms with Crippen LogP contribution >= 0.6 is 0 Å². The summed E-state index contributed by atoms with van der Waals surface area (Å²) in [6.07, 6.45) is 2.87. The van der Waals surface area contributed by atoms with Crippen molar-refractivity contribution in [1.82, 2.24) is 0 Å². The minimum atomic E-state index is -3.81.